The zero-order valence-electron chi connectivity index (χ0n) is 16.1. The van der Waals surface area contributed by atoms with Crippen molar-refractivity contribution >= 4 is 45.2 Å². The fourth-order valence-electron chi connectivity index (χ4n) is 4.37. The lowest BCUT2D eigenvalue weighted by molar-refractivity contribution is 0.0880. The van der Waals surface area contributed by atoms with Gasteiger partial charge in [0, 0.05) is 44.8 Å². The van der Waals surface area contributed by atoms with E-state index in [4.69, 9.17) is 11.6 Å². The van der Waals surface area contributed by atoms with Gasteiger partial charge in [-0.05, 0) is 53.1 Å². The van der Waals surface area contributed by atoms with E-state index in [0.717, 1.165) is 32.9 Å². The summed E-state index contributed by atoms with van der Waals surface area (Å²) in [4.78, 5) is 33.1. The van der Waals surface area contributed by atoms with Gasteiger partial charge in [-0.3, -0.25) is 19.9 Å². The second-order valence-electron chi connectivity index (χ2n) is 7.48. The number of nitrogens with one attached hydrogen (secondary N) is 2. The van der Waals surface area contributed by atoms with E-state index in [2.05, 4.69) is 15.3 Å². The summed E-state index contributed by atoms with van der Waals surface area (Å²) >= 11 is 6.43. The number of fused-ring (bicyclic) bond motifs is 5. The molecule has 0 unspecified atom stereocenters. The average Bonchev–Trinajstić information content (AvgIpc) is 3.30. The predicted molar refractivity (Wildman–Crippen MR) is 121 cm³/mol. The number of hydrogen-bond acceptors (Lipinski definition) is 3. The summed E-state index contributed by atoms with van der Waals surface area (Å²) in [6, 6.07) is 19.1. The number of carbonyl (C=O) groups excluding carboxylic acids is 2. The standard InChI is InChI=1S/C25H14ClN3O2/c26-18-4-2-1-3-15(18)16-12-20-21(23-22(16)24(30)29-25(23)31)17-11-14(5-6-19(17)28-20)13-7-9-27-10-8-13/h1-12,28H,(H,29,30,31). The zero-order chi connectivity index (χ0) is 21.1. The molecule has 5 nitrogen and oxygen atoms in total. The van der Waals surface area contributed by atoms with Crippen molar-refractivity contribution in [1.29, 1.82) is 0 Å². The van der Waals surface area contributed by atoms with Crippen LogP contribution in [0.5, 0.6) is 0 Å². The van der Waals surface area contributed by atoms with Crippen molar-refractivity contribution in [3.8, 4) is 22.3 Å². The Balaban J connectivity index is 1.72. The van der Waals surface area contributed by atoms with Gasteiger partial charge in [0.05, 0.1) is 11.1 Å². The highest BCUT2D eigenvalue weighted by Gasteiger charge is 2.34. The van der Waals surface area contributed by atoms with Crippen molar-refractivity contribution < 1.29 is 9.59 Å². The van der Waals surface area contributed by atoms with E-state index < -0.39 is 11.8 Å². The molecule has 148 valence electrons. The van der Waals surface area contributed by atoms with Gasteiger partial charge in [-0.15, -0.1) is 0 Å². The van der Waals surface area contributed by atoms with E-state index in [9.17, 15) is 9.59 Å². The van der Waals surface area contributed by atoms with Crippen molar-refractivity contribution in [1.82, 2.24) is 15.3 Å². The molecular formula is C25H14ClN3O2. The first-order valence-corrected chi connectivity index (χ1v) is 10.1. The van der Waals surface area contributed by atoms with Crippen LogP contribution in [-0.4, -0.2) is 21.8 Å². The number of amides is 2. The van der Waals surface area contributed by atoms with E-state index in [-0.39, 0.29) is 0 Å². The molecule has 2 aromatic heterocycles. The maximum Gasteiger partial charge on any atom is 0.259 e. The van der Waals surface area contributed by atoms with Crippen LogP contribution < -0.4 is 5.32 Å². The number of hydrogen-bond donors (Lipinski definition) is 2. The molecule has 0 bridgehead atoms. The number of benzene rings is 3. The molecule has 1 aliphatic heterocycles. The van der Waals surface area contributed by atoms with E-state index >= 15 is 0 Å². The van der Waals surface area contributed by atoms with Crippen molar-refractivity contribution in [3.63, 3.8) is 0 Å². The number of halogens is 1. The first kappa shape index (κ1) is 17.9. The molecule has 3 heterocycles. The molecule has 31 heavy (non-hydrogen) atoms. The van der Waals surface area contributed by atoms with Gasteiger partial charge >= 0.3 is 0 Å². The number of aromatic nitrogens is 2. The summed E-state index contributed by atoms with van der Waals surface area (Å²) in [6.07, 6.45) is 3.49. The summed E-state index contributed by atoms with van der Waals surface area (Å²) in [5.41, 5.74) is 5.79. The summed E-state index contributed by atoms with van der Waals surface area (Å²) in [5.74, 6) is -0.800. The zero-order valence-corrected chi connectivity index (χ0v) is 16.8. The summed E-state index contributed by atoms with van der Waals surface area (Å²) in [6.45, 7) is 0. The Labute approximate surface area is 181 Å². The molecule has 2 amide bonds. The molecule has 6 heteroatoms. The van der Waals surface area contributed by atoms with Crippen molar-refractivity contribution in [2.24, 2.45) is 0 Å². The summed E-state index contributed by atoms with van der Waals surface area (Å²) in [7, 11) is 0. The third-order valence-corrected chi connectivity index (χ3v) is 6.07. The smallest absolute Gasteiger partial charge is 0.259 e. The molecule has 0 fully saturated rings. The van der Waals surface area contributed by atoms with Gasteiger partial charge in [-0.2, -0.15) is 0 Å². The second kappa shape index (κ2) is 6.52. The maximum atomic E-state index is 12.9. The molecule has 0 atom stereocenters. The molecule has 6 rings (SSSR count). The largest absolute Gasteiger partial charge is 0.354 e. The van der Waals surface area contributed by atoms with Crippen molar-refractivity contribution in [2.45, 2.75) is 0 Å². The minimum Gasteiger partial charge on any atom is -0.354 e. The highest BCUT2D eigenvalue weighted by Crippen LogP contribution is 2.41. The number of nitrogens with zero attached hydrogens (tertiary/aromatic N) is 1. The normalized spacial score (nSPS) is 13.1. The van der Waals surface area contributed by atoms with Crippen molar-refractivity contribution in [3.05, 3.63) is 89.2 Å². The minimum absolute atomic E-state index is 0.362. The van der Waals surface area contributed by atoms with Crippen LogP contribution >= 0.6 is 11.6 Å². The lowest BCUT2D eigenvalue weighted by Crippen LogP contribution is -2.20. The molecule has 0 radical (unpaired) electrons. The van der Waals surface area contributed by atoms with Gasteiger partial charge in [0.15, 0.2) is 0 Å². The molecule has 0 saturated carbocycles. The second-order valence-corrected chi connectivity index (χ2v) is 7.89. The van der Waals surface area contributed by atoms with Crippen LogP contribution in [0.15, 0.2) is 73.1 Å². The Morgan fingerprint density at radius 2 is 1.52 bits per heavy atom. The van der Waals surface area contributed by atoms with Gasteiger partial charge in [0.2, 0.25) is 0 Å². The van der Waals surface area contributed by atoms with Gasteiger partial charge in [-0.1, -0.05) is 35.9 Å². The molecule has 0 aliphatic carbocycles. The molecule has 5 aromatic rings. The van der Waals surface area contributed by atoms with Crippen LogP contribution in [0.1, 0.15) is 20.7 Å². The van der Waals surface area contributed by atoms with Crippen LogP contribution in [-0.2, 0) is 0 Å². The Morgan fingerprint density at radius 1 is 0.742 bits per heavy atom. The highest BCUT2D eigenvalue weighted by atomic mass is 35.5. The van der Waals surface area contributed by atoms with Gasteiger partial charge in [0.25, 0.3) is 11.8 Å². The van der Waals surface area contributed by atoms with Crippen molar-refractivity contribution in [2.75, 3.05) is 0 Å². The predicted octanol–water partition coefficient (Wildman–Crippen LogP) is 5.59. The lowest BCUT2D eigenvalue weighted by atomic mass is 9.92. The summed E-state index contributed by atoms with van der Waals surface area (Å²) in [5, 5.41) is 4.60. The third-order valence-electron chi connectivity index (χ3n) is 5.74. The van der Waals surface area contributed by atoms with Gasteiger partial charge < -0.3 is 4.98 Å². The van der Waals surface area contributed by atoms with E-state index in [1.54, 1.807) is 18.5 Å². The first-order chi connectivity index (χ1) is 15.1. The number of aromatic amines is 1. The lowest BCUT2D eigenvalue weighted by Gasteiger charge is -2.10. The minimum atomic E-state index is -0.406. The van der Waals surface area contributed by atoms with Crippen LogP contribution in [0.4, 0.5) is 0 Å². The van der Waals surface area contributed by atoms with E-state index in [1.165, 1.54) is 0 Å². The molecule has 3 aromatic carbocycles. The molecule has 0 spiro atoms. The number of pyridine rings is 1. The quantitative estimate of drug-likeness (QED) is 0.363. The Bertz CT molecular complexity index is 1550. The average molecular weight is 424 g/mol. The maximum absolute atomic E-state index is 12.9. The number of imide groups is 1. The Hall–Kier alpha value is -3.96. The van der Waals surface area contributed by atoms with E-state index in [1.807, 2.05) is 54.6 Å². The van der Waals surface area contributed by atoms with Crippen LogP contribution in [0, 0.1) is 0 Å². The SMILES string of the molecule is O=C1NC(=O)c2c1c(-c1ccccc1Cl)cc1[nH]c3ccc(-c4ccncc4)cc3c21. The van der Waals surface area contributed by atoms with Crippen LogP contribution in [0.2, 0.25) is 5.02 Å². The monoisotopic (exact) mass is 423 g/mol. The van der Waals surface area contributed by atoms with Crippen LogP contribution in [0.25, 0.3) is 44.1 Å². The fraction of sp³-hybridized carbons (Fsp3) is 0. The third kappa shape index (κ3) is 2.60. The Kier molecular flexibility index (Phi) is 3.76. The van der Waals surface area contributed by atoms with Gasteiger partial charge in [0.1, 0.15) is 0 Å². The fourth-order valence-corrected chi connectivity index (χ4v) is 4.61. The van der Waals surface area contributed by atoms with Crippen LogP contribution in [0.3, 0.4) is 0 Å². The van der Waals surface area contributed by atoms with E-state index in [0.29, 0.717) is 27.3 Å². The molecular weight excluding hydrogens is 410 g/mol. The van der Waals surface area contributed by atoms with Gasteiger partial charge in [-0.25, -0.2) is 0 Å². The number of rotatable bonds is 2. The molecule has 1 aliphatic rings. The highest BCUT2D eigenvalue weighted by molar-refractivity contribution is 6.36. The molecule has 0 saturated heterocycles. The number of carbonyl (C=O) groups is 2. The summed E-state index contributed by atoms with van der Waals surface area (Å²) < 4.78 is 0. The molecule has 2 N–H and O–H groups in total. The topological polar surface area (TPSA) is 74.8 Å². The first-order valence-electron chi connectivity index (χ1n) is 9.75. The Morgan fingerprint density at radius 3 is 2.32 bits per heavy atom. The number of H-pyrrole nitrogens is 1.